The summed E-state index contributed by atoms with van der Waals surface area (Å²) < 4.78 is 14.1. The van der Waals surface area contributed by atoms with E-state index >= 15 is 0 Å². The maximum atomic E-state index is 12.9. The fraction of sp³-hybridized carbons (Fsp3) is 0.333. The lowest BCUT2D eigenvalue weighted by Gasteiger charge is -2.33. The first-order chi connectivity index (χ1) is 13.7. The van der Waals surface area contributed by atoms with Gasteiger partial charge in [0.1, 0.15) is 23.5 Å². The molecule has 4 rings (SSSR count). The van der Waals surface area contributed by atoms with Crippen LogP contribution in [0, 0.1) is 5.82 Å². The van der Waals surface area contributed by atoms with Crippen LogP contribution in [0.15, 0.2) is 46.9 Å². The van der Waals surface area contributed by atoms with Gasteiger partial charge in [-0.1, -0.05) is 24.3 Å². The molecule has 4 nitrogen and oxygen atoms in total. The van der Waals surface area contributed by atoms with Crippen molar-refractivity contribution in [2.24, 2.45) is 0 Å². The van der Waals surface area contributed by atoms with Crippen LogP contribution in [0.4, 0.5) is 10.2 Å². The Hall–Kier alpha value is -1.96. The number of hydrogen-bond acceptors (Lipinski definition) is 6. The average Bonchev–Trinajstić information content (AvgIpc) is 3.16. The second-order valence-corrected chi connectivity index (χ2v) is 8.53. The number of aromatic nitrogens is 2. The molecule has 3 aromatic rings. The van der Waals surface area contributed by atoms with Crippen LogP contribution in [0.5, 0.6) is 0 Å². The van der Waals surface area contributed by atoms with Crippen LogP contribution in [0.3, 0.4) is 0 Å². The Morgan fingerprint density at radius 3 is 2.79 bits per heavy atom. The fourth-order valence-electron chi connectivity index (χ4n) is 3.49. The molecule has 0 aliphatic carbocycles. The van der Waals surface area contributed by atoms with Gasteiger partial charge in [0, 0.05) is 36.0 Å². The highest BCUT2D eigenvalue weighted by molar-refractivity contribution is 7.99. The Bertz CT molecular complexity index is 947. The highest BCUT2D eigenvalue weighted by Gasteiger charge is 2.22. The van der Waals surface area contributed by atoms with Crippen molar-refractivity contribution in [3.8, 4) is 0 Å². The summed E-state index contributed by atoms with van der Waals surface area (Å²) in [5.41, 5.74) is 2.10. The van der Waals surface area contributed by atoms with E-state index in [4.69, 9.17) is 0 Å². The molecule has 0 radical (unpaired) electrons. The van der Waals surface area contributed by atoms with Crippen molar-refractivity contribution in [3.05, 3.63) is 53.4 Å². The topological polar surface area (TPSA) is 41.0 Å². The minimum absolute atomic E-state index is 0.199. The quantitative estimate of drug-likeness (QED) is 0.586. The van der Waals surface area contributed by atoms with E-state index in [1.165, 1.54) is 21.7 Å². The summed E-state index contributed by atoms with van der Waals surface area (Å²) in [6.45, 7) is 2.82. The van der Waals surface area contributed by atoms with Crippen LogP contribution in [-0.2, 0) is 0 Å². The maximum absolute atomic E-state index is 12.9. The molecule has 7 heteroatoms. The predicted octanol–water partition coefficient (Wildman–Crippen LogP) is 4.82. The second kappa shape index (κ2) is 9.03. The van der Waals surface area contributed by atoms with E-state index in [9.17, 15) is 4.39 Å². The number of fused-ring (bicyclic) bond motifs is 1. The molecule has 2 aromatic heterocycles. The van der Waals surface area contributed by atoms with Gasteiger partial charge < -0.3 is 10.2 Å². The second-order valence-electron chi connectivity index (χ2n) is 6.80. The van der Waals surface area contributed by atoms with Gasteiger partial charge in [-0.25, -0.2) is 14.4 Å². The van der Waals surface area contributed by atoms with E-state index in [-0.39, 0.29) is 5.82 Å². The predicted molar refractivity (Wildman–Crippen MR) is 118 cm³/mol. The molecular formula is C21H23FN4S2. The Morgan fingerprint density at radius 1 is 1.25 bits per heavy atom. The lowest BCUT2D eigenvalue weighted by Crippen LogP contribution is -2.42. The maximum Gasteiger partial charge on any atom is 0.150 e. The van der Waals surface area contributed by atoms with Crippen molar-refractivity contribution in [1.29, 1.82) is 0 Å². The third-order valence-corrected chi connectivity index (χ3v) is 6.89. The van der Waals surface area contributed by atoms with E-state index in [0.717, 1.165) is 49.4 Å². The van der Waals surface area contributed by atoms with E-state index in [2.05, 4.69) is 37.9 Å². The number of nitrogens with one attached hydrogen (secondary N) is 1. The molecule has 146 valence electrons. The molecule has 1 saturated heterocycles. The van der Waals surface area contributed by atoms with Crippen LogP contribution in [-0.4, -0.2) is 41.9 Å². The molecule has 0 bridgehead atoms. The lowest BCUT2D eigenvalue weighted by atomic mass is 10.0. The SMILES string of the molecule is CSc1csc2c(N3CCC(NC/C=C/c4ccc(F)cc4)CC3)ncnc12. The third-order valence-electron chi connectivity index (χ3n) is 5.02. The molecule has 1 aliphatic rings. The van der Waals surface area contributed by atoms with Crippen molar-refractivity contribution in [2.75, 3.05) is 30.8 Å². The summed E-state index contributed by atoms with van der Waals surface area (Å²) in [6.07, 6.45) is 10.1. The Balaban J connectivity index is 1.30. The first-order valence-corrected chi connectivity index (χ1v) is 11.5. The molecule has 1 N–H and O–H groups in total. The van der Waals surface area contributed by atoms with Crippen LogP contribution in [0.1, 0.15) is 18.4 Å². The third kappa shape index (κ3) is 4.37. The number of benzene rings is 1. The molecule has 1 fully saturated rings. The minimum atomic E-state index is -0.199. The van der Waals surface area contributed by atoms with Gasteiger partial charge in [0.05, 0.1) is 4.70 Å². The van der Waals surface area contributed by atoms with E-state index in [1.54, 1.807) is 41.6 Å². The van der Waals surface area contributed by atoms with Gasteiger partial charge in [-0.15, -0.1) is 23.1 Å². The molecule has 0 saturated carbocycles. The van der Waals surface area contributed by atoms with Gasteiger partial charge in [-0.2, -0.15) is 0 Å². The first-order valence-electron chi connectivity index (χ1n) is 9.41. The van der Waals surface area contributed by atoms with Crippen molar-refractivity contribution < 1.29 is 4.39 Å². The molecule has 28 heavy (non-hydrogen) atoms. The molecule has 1 aliphatic heterocycles. The Labute approximate surface area is 172 Å². The first kappa shape index (κ1) is 19.4. The van der Waals surface area contributed by atoms with Gasteiger partial charge >= 0.3 is 0 Å². The average molecular weight is 415 g/mol. The Morgan fingerprint density at radius 2 is 2.04 bits per heavy atom. The van der Waals surface area contributed by atoms with Crippen LogP contribution < -0.4 is 10.2 Å². The monoisotopic (exact) mass is 414 g/mol. The minimum Gasteiger partial charge on any atom is -0.355 e. The summed E-state index contributed by atoms with van der Waals surface area (Å²) in [7, 11) is 0. The normalized spacial score (nSPS) is 15.7. The largest absolute Gasteiger partial charge is 0.355 e. The highest BCUT2D eigenvalue weighted by atomic mass is 32.2. The molecule has 0 amide bonds. The van der Waals surface area contributed by atoms with Gasteiger partial charge in [0.2, 0.25) is 0 Å². The number of thiophene rings is 1. The molecule has 0 spiro atoms. The number of rotatable bonds is 6. The summed E-state index contributed by atoms with van der Waals surface area (Å²) in [6, 6.07) is 7.07. The zero-order valence-corrected chi connectivity index (χ0v) is 17.4. The molecule has 1 aromatic carbocycles. The molecule has 0 atom stereocenters. The van der Waals surface area contributed by atoms with Crippen molar-refractivity contribution >= 4 is 45.2 Å². The summed E-state index contributed by atoms with van der Waals surface area (Å²) in [4.78, 5) is 12.7. The fourth-order valence-corrected chi connectivity index (χ4v) is 5.33. The highest BCUT2D eigenvalue weighted by Crippen LogP contribution is 2.36. The van der Waals surface area contributed by atoms with Gasteiger partial charge in [0.15, 0.2) is 0 Å². The van der Waals surface area contributed by atoms with Gasteiger partial charge in [0.25, 0.3) is 0 Å². The summed E-state index contributed by atoms with van der Waals surface area (Å²) >= 11 is 3.48. The standard InChI is InChI=1S/C21H23FN4S2/c1-27-18-13-28-20-19(18)24-14-25-21(20)26-11-8-17(9-12-26)23-10-2-3-15-4-6-16(22)7-5-15/h2-7,13-14,17,23H,8-12H2,1H3/b3-2+. The number of hydrogen-bond donors (Lipinski definition) is 1. The smallest absolute Gasteiger partial charge is 0.150 e. The van der Waals surface area contributed by atoms with Gasteiger partial charge in [-0.05, 0) is 36.8 Å². The number of piperidine rings is 1. The molecule has 0 unspecified atom stereocenters. The molecular weight excluding hydrogens is 391 g/mol. The summed E-state index contributed by atoms with van der Waals surface area (Å²) in [5.74, 6) is 0.875. The van der Waals surface area contributed by atoms with Gasteiger partial charge in [-0.3, -0.25) is 0 Å². The van der Waals surface area contributed by atoms with E-state index < -0.39 is 0 Å². The van der Waals surface area contributed by atoms with Crippen molar-refractivity contribution in [2.45, 2.75) is 23.8 Å². The van der Waals surface area contributed by atoms with Crippen LogP contribution >= 0.6 is 23.1 Å². The Kier molecular flexibility index (Phi) is 6.24. The van der Waals surface area contributed by atoms with E-state index in [1.807, 2.05) is 6.08 Å². The van der Waals surface area contributed by atoms with E-state index in [0.29, 0.717) is 6.04 Å². The number of thioether (sulfide) groups is 1. The number of halogens is 1. The summed E-state index contributed by atoms with van der Waals surface area (Å²) in [5, 5.41) is 5.78. The number of nitrogens with zero attached hydrogens (tertiary/aromatic N) is 3. The van der Waals surface area contributed by atoms with Crippen molar-refractivity contribution in [1.82, 2.24) is 15.3 Å². The zero-order chi connectivity index (χ0) is 19.3. The van der Waals surface area contributed by atoms with Crippen LogP contribution in [0.2, 0.25) is 0 Å². The van der Waals surface area contributed by atoms with Crippen molar-refractivity contribution in [3.63, 3.8) is 0 Å². The molecule has 3 heterocycles. The lowest BCUT2D eigenvalue weighted by molar-refractivity contribution is 0.429. The zero-order valence-electron chi connectivity index (χ0n) is 15.8. The van der Waals surface area contributed by atoms with Crippen LogP contribution in [0.25, 0.3) is 16.3 Å². The number of anilines is 1.